The van der Waals surface area contributed by atoms with Gasteiger partial charge in [-0.25, -0.2) is 0 Å². The number of amides is 1. The van der Waals surface area contributed by atoms with Gasteiger partial charge in [0.05, 0.1) is 9.75 Å². The minimum Gasteiger partial charge on any atom is -0.350 e. The van der Waals surface area contributed by atoms with E-state index in [2.05, 4.69) is 5.32 Å². The Bertz CT molecular complexity index is 346. The average Bonchev–Trinajstić information content (AvgIpc) is 2.62. The Hall–Kier alpha value is -1.20. The summed E-state index contributed by atoms with van der Waals surface area (Å²) in [6.45, 7) is 2.34. The van der Waals surface area contributed by atoms with Gasteiger partial charge in [0, 0.05) is 13.1 Å². The molecule has 4 nitrogen and oxygen atoms in total. The summed E-state index contributed by atoms with van der Waals surface area (Å²) in [5.74, 6) is -0.194. The molecule has 0 atom stereocenters. The zero-order valence-corrected chi connectivity index (χ0v) is 8.69. The highest BCUT2D eigenvalue weighted by molar-refractivity contribution is 7.15. The molecule has 5 heteroatoms. The summed E-state index contributed by atoms with van der Waals surface area (Å²) in [6, 6.07) is 3.30. The van der Waals surface area contributed by atoms with Crippen molar-refractivity contribution in [2.45, 2.75) is 6.92 Å². The highest BCUT2D eigenvalue weighted by Gasteiger charge is 2.09. The van der Waals surface area contributed by atoms with Crippen molar-refractivity contribution in [3.8, 4) is 0 Å². The van der Waals surface area contributed by atoms with E-state index in [1.807, 2.05) is 0 Å². The van der Waals surface area contributed by atoms with Crippen LogP contribution in [0.15, 0.2) is 12.1 Å². The van der Waals surface area contributed by atoms with E-state index in [1.165, 1.54) is 18.3 Å². The molecule has 0 saturated carbocycles. The number of Topliss-reactive ketones (excluding diaryl/α,β-unsaturated/α-hetero) is 1. The second-order valence-electron chi connectivity index (χ2n) is 2.76. The molecule has 0 aliphatic rings. The van der Waals surface area contributed by atoms with Gasteiger partial charge >= 0.3 is 0 Å². The minimum atomic E-state index is -0.173. The van der Waals surface area contributed by atoms with Crippen LogP contribution in [0.1, 0.15) is 26.3 Å². The maximum Gasteiger partial charge on any atom is 0.261 e. The molecule has 0 aliphatic heterocycles. The Balaban J connectivity index is 2.66. The van der Waals surface area contributed by atoms with Gasteiger partial charge in [-0.2, -0.15) is 0 Å². The quantitative estimate of drug-likeness (QED) is 0.719. The SMILES string of the molecule is CC(=O)c1ccc(C(=O)NCCN)s1. The standard InChI is InChI=1S/C9H12N2O2S/c1-6(12)7-2-3-8(14-7)9(13)11-5-4-10/h2-3H,4-5,10H2,1H3,(H,11,13). The van der Waals surface area contributed by atoms with Crippen LogP contribution in [0.4, 0.5) is 0 Å². The van der Waals surface area contributed by atoms with Crippen LogP contribution >= 0.6 is 11.3 Å². The maximum atomic E-state index is 11.4. The lowest BCUT2D eigenvalue weighted by Gasteiger charge is -1.99. The van der Waals surface area contributed by atoms with Crippen LogP contribution in [0.2, 0.25) is 0 Å². The number of carbonyl (C=O) groups excluding carboxylic acids is 2. The summed E-state index contributed by atoms with van der Waals surface area (Å²) in [6.07, 6.45) is 0. The van der Waals surface area contributed by atoms with Crippen LogP contribution in [0.25, 0.3) is 0 Å². The first-order chi connectivity index (χ1) is 6.65. The molecule has 1 aromatic heterocycles. The van der Waals surface area contributed by atoms with E-state index in [9.17, 15) is 9.59 Å². The van der Waals surface area contributed by atoms with E-state index >= 15 is 0 Å². The molecule has 76 valence electrons. The minimum absolute atomic E-state index is 0.0205. The normalized spacial score (nSPS) is 9.86. The van der Waals surface area contributed by atoms with Crippen LogP contribution in [0.3, 0.4) is 0 Å². The summed E-state index contributed by atoms with van der Waals surface area (Å²) in [5, 5.41) is 2.64. The van der Waals surface area contributed by atoms with Crippen molar-refractivity contribution >= 4 is 23.0 Å². The second-order valence-corrected chi connectivity index (χ2v) is 3.85. The lowest BCUT2D eigenvalue weighted by atomic mass is 10.3. The van der Waals surface area contributed by atoms with Crippen molar-refractivity contribution in [1.82, 2.24) is 5.32 Å². The van der Waals surface area contributed by atoms with Gasteiger partial charge in [-0.1, -0.05) is 0 Å². The molecule has 3 N–H and O–H groups in total. The van der Waals surface area contributed by atoms with E-state index < -0.39 is 0 Å². The molecule has 1 rings (SSSR count). The van der Waals surface area contributed by atoms with Crippen molar-refractivity contribution in [3.63, 3.8) is 0 Å². The molecule has 1 heterocycles. The van der Waals surface area contributed by atoms with Gasteiger partial charge in [-0.3, -0.25) is 9.59 Å². The number of hydrogen-bond donors (Lipinski definition) is 2. The van der Waals surface area contributed by atoms with Gasteiger partial charge in [0.2, 0.25) is 0 Å². The summed E-state index contributed by atoms with van der Waals surface area (Å²) < 4.78 is 0. The number of hydrogen-bond acceptors (Lipinski definition) is 4. The number of rotatable bonds is 4. The molecule has 0 unspecified atom stereocenters. The van der Waals surface area contributed by atoms with E-state index in [1.54, 1.807) is 12.1 Å². The lowest BCUT2D eigenvalue weighted by molar-refractivity contribution is 0.0958. The van der Waals surface area contributed by atoms with E-state index in [0.717, 1.165) is 0 Å². The van der Waals surface area contributed by atoms with Crippen LogP contribution in [-0.2, 0) is 0 Å². The van der Waals surface area contributed by atoms with Crippen LogP contribution < -0.4 is 11.1 Å². The van der Waals surface area contributed by atoms with Crippen molar-refractivity contribution in [2.75, 3.05) is 13.1 Å². The lowest BCUT2D eigenvalue weighted by Crippen LogP contribution is -2.28. The van der Waals surface area contributed by atoms with E-state index in [0.29, 0.717) is 22.8 Å². The van der Waals surface area contributed by atoms with Crippen LogP contribution in [0.5, 0.6) is 0 Å². The molecule has 0 fully saturated rings. The predicted octanol–water partition coefficient (Wildman–Crippen LogP) is 0.639. The summed E-state index contributed by atoms with van der Waals surface area (Å²) >= 11 is 1.20. The van der Waals surface area contributed by atoms with Crippen molar-refractivity contribution in [2.24, 2.45) is 5.73 Å². The molecule has 0 radical (unpaired) electrons. The average molecular weight is 212 g/mol. The third kappa shape index (κ3) is 2.65. The number of nitrogens with one attached hydrogen (secondary N) is 1. The maximum absolute atomic E-state index is 11.4. The van der Waals surface area contributed by atoms with Crippen molar-refractivity contribution < 1.29 is 9.59 Å². The molecule has 1 aromatic rings. The fourth-order valence-corrected chi connectivity index (χ4v) is 1.74. The fraction of sp³-hybridized carbons (Fsp3) is 0.333. The van der Waals surface area contributed by atoms with Gasteiger partial charge in [0.15, 0.2) is 5.78 Å². The molecule has 0 saturated heterocycles. The fourth-order valence-electron chi connectivity index (χ4n) is 0.922. The Morgan fingerprint density at radius 3 is 2.57 bits per heavy atom. The number of nitrogens with two attached hydrogens (primary N) is 1. The van der Waals surface area contributed by atoms with Crippen LogP contribution in [0, 0.1) is 0 Å². The largest absolute Gasteiger partial charge is 0.350 e. The van der Waals surface area contributed by atoms with Gasteiger partial charge in [0.1, 0.15) is 0 Å². The van der Waals surface area contributed by atoms with Gasteiger partial charge in [0.25, 0.3) is 5.91 Å². The predicted molar refractivity (Wildman–Crippen MR) is 55.7 cm³/mol. The zero-order chi connectivity index (χ0) is 10.6. The highest BCUT2D eigenvalue weighted by Crippen LogP contribution is 2.16. The first-order valence-corrected chi connectivity index (χ1v) is 5.06. The smallest absolute Gasteiger partial charge is 0.261 e. The first kappa shape index (κ1) is 10.9. The number of thiophene rings is 1. The molecule has 1 amide bonds. The van der Waals surface area contributed by atoms with Gasteiger partial charge in [-0.15, -0.1) is 11.3 Å². The third-order valence-electron chi connectivity index (χ3n) is 1.61. The van der Waals surface area contributed by atoms with E-state index in [-0.39, 0.29) is 11.7 Å². The molecule has 0 spiro atoms. The van der Waals surface area contributed by atoms with Gasteiger partial charge in [-0.05, 0) is 19.1 Å². The van der Waals surface area contributed by atoms with Crippen LogP contribution in [-0.4, -0.2) is 24.8 Å². The monoisotopic (exact) mass is 212 g/mol. The van der Waals surface area contributed by atoms with E-state index in [4.69, 9.17) is 5.73 Å². The molecule has 0 aliphatic carbocycles. The number of ketones is 1. The molecule has 0 bridgehead atoms. The Morgan fingerprint density at radius 2 is 2.07 bits per heavy atom. The summed E-state index contributed by atoms with van der Waals surface area (Å²) in [7, 11) is 0. The molecular weight excluding hydrogens is 200 g/mol. The summed E-state index contributed by atoms with van der Waals surface area (Å²) in [5.41, 5.74) is 5.24. The molecular formula is C9H12N2O2S. The number of carbonyl (C=O) groups is 2. The Morgan fingerprint density at radius 1 is 1.43 bits per heavy atom. The Labute approximate surface area is 86.1 Å². The highest BCUT2D eigenvalue weighted by atomic mass is 32.1. The van der Waals surface area contributed by atoms with Gasteiger partial charge < -0.3 is 11.1 Å². The third-order valence-corrected chi connectivity index (χ3v) is 2.79. The summed E-state index contributed by atoms with van der Waals surface area (Å²) in [4.78, 5) is 23.5. The molecule has 0 aromatic carbocycles. The second kappa shape index (κ2) is 4.88. The Kier molecular flexibility index (Phi) is 3.79. The van der Waals surface area contributed by atoms with Crippen molar-refractivity contribution in [1.29, 1.82) is 0 Å². The topological polar surface area (TPSA) is 72.2 Å². The zero-order valence-electron chi connectivity index (χ0n) is 7.87. The first-order valence-electron chi connectivity index (χ1n) is 4.24. The molecule has 14 heavy (non-hydrogen) atoms. The van der Waals surface area contributed by atoms with Crippen molar-refractivity contribution in [3.05, 3.63) is 21.9 Å².